The van der Waals surface area contributed by atoms with Crippen molar-refractivity contribution in [1.29, 1.82) is 0 Å². The molecule has 0 atom stereocenters. The molecule has 4 aromatic rings. The number of aromatic nitrogens is 2. The zero-order chi connectivity index (χ0) is 23.9. The van der Waals surface area contributed by atoms with Crippen LogP contribution in [0.15, 0.2) is 65.2 Å². The van der Waals surface area contributed by atoms with Gasteiger partial charge < -0.3 is 19.7 Å². The van der Waals surface area contributed by atoms with E-state index in [0.29, 0.717) is 22.8 Å². The number of carbonyl (C=O) groups excluding carboxylic acids is 2. The third-order valence-corrected chi connectivity index (χ3v) is 5.57. The Bertz CT molecular complexity index is 1300. The molecule has 0 saturated carbocycles. The molecule has 0 spiro atoms. The number of piperidine rings is 1. The normalized spacial score (nSPS) is 13.1. The molecule has 0 radical (unpaired) electrons. The molecule has 2 aromatic heterocycles. The number of anilines is 1. The molecule has 1 aliphatic rings. The zero-order valence-corrected chi connectivity index (χ0v) is 18.4. The maximum atomic E-state index is 12.8. The smallest absolute Gasteiger partial charge is 0.290 e. The average molecular weight is 460 g/mol. The highest BCUT2D eigenvalue weighted by Gasteiger charge is 2.21. The molecule has 174 valence electrons. The second kappa shape index (κ2) is 10.5. The number of nitrogens with one attached hydrogen (secondary N) is 2. The van der Waals surface area contributed by atoms with E-state index in [1.54, 1.807) is 36.5 Å². The number of likely N-dealkylation sites (tertiary alicyclic amines) is 1. The van der Waals surface area contributed by atoms with E-state index in [0.717, 1.165) is 48.8 Å². The second-order valence-electron chi connectivity index (χ2n) is 7.83. The molecule has 2 aromatic carbocycles. The van der Waals surface area contributed by atoms with Gasteiger partial charge in [-0.3, -0.25) is 19.5 Å². The number of amides is 2. The second-order valence-corrected chi connectivity index (χ2v) is 7.83. The summed E-state index contributed by atoms with van der Waals surface area (Å²) in [4.78, 5) is 35.6. The summed E-state index contributed by atoms with van der Waals surface area (Å²) in [6.07, 6.45) is 4.94. The summed E-state index contributed by atoms with van der Waals surface area (Å²) >= 11 is 0. The van der Waals surface area contributed by atoms with E-state index in [1.807, 2.05) is 29.2 Å². The number of rotatable bonds is 4. The molecule has 9 nitrogen and oxygen atoms in total. The number of carboxylic acid groups (broad SMARTS) is 1. The molecule has 1 fully saturated rings. The van der Waals surface area contributed by atoms with Gasteiger partial charge in [0.25, 0.3) is 18.3 Å². The van der Waals surface area contributed by atoms with E-state index >= 15 is 0 Å². The van der Waals surface area contributed by atoms with Gasteiger partial charge in [0.05, 0.1) is 11.7 Å². The summed E-state index contributed by atoms with van der Waals surface area (Å²) in [5, 5.41) is 17.6. The van der Waals surface area contributed by atoms with E-state index in [-0.39, 0.29) is 18.3 Å². The van der Waals surface area contributed by atoms with Crippen LogP contribution in [0.1, 0.15) is 40.2 Å². The van der Waals surface area contributed by atoms with Gasteiger partial charge in [0.1, 0.15) is 5.76 Å². The Morgan fingerprint density at radius 2 is 1.85 bits per heavy atom. The molecular weight excluding hydrogens is 436 g/mol. The molecule has 3 heterocycles. The summed E-state index contributed by atoms with van der Waals surface area (Å²) in [7, 11) is 0. The van der Waals surface area contributed by atoms with Crippen LogP contribution in [0.25, 0.3) is 22.2 Å². The molecule has 34 heavy (non-hydrogen) atoms. The first-order valence-electron chi connectivity index (χ1n) is 10.9. The lowest BCUT2D eigenvalue weighted by Gasteiger charge is -2.25. The van der Waals surface area contributed by atoms with Gasteiger partial charge in [-0.1, -0.05) is 12.1 Å². The van der Waals surface area contributed by atoms with Crippen LogP contribution in [0.5, 0.6) is 0 Å². The molecular formula is C25H24N4O5. The van der Waals surface area contributed by atoms with E-state index in [9.17, 15) is 9.59 Å². The summed E-state index contributed by atoms with van der Waals surface area (Å²) in [5.74, 6) is 0.602. The molecule has 1 aliphatic heterocycles. The monoisotopic (exact) mass is 460 g/mol. The van der Waals surface area contributed by atoms with Crippen LogP contribution in [0.4, 0.5) is 5.69 Å². The number of nitrogens with zero attached hydrogens (tertiary/aromatic N) is 2. The largest absolute Gasteiger partial charge is 0.483 e. The number of carbonyl (C=O) groups is 3. The Balaban J connectivity index is 0.000000868. The minimum absolute atomic E-state index is 0.0745. The zero-order valence-electron chi connectivity index (χ0n) is 18.4. The summed E-state index contributed by atoms with van der Waals surface area (Å²) in [5.41, 5.74) is 2.85. The number of fused-ring (bicyclic) bond motifs is 1. The maximum Gasteiger partial charge on any atom is 0.290 e. The first kappa shape index (κ1) is 22.8. The van der Waals surface area contributed by atoms with Crippen LogP contribution < -0.4 is 5.32 Å². The van der Waals surface area contributed by atoms with Crippen molar-refractivity contribution in [3.63, 3.8) is 0 Å². The maximum absolute atomic E-state index is 12.8. The minimum atomic E-state index is -0.250. The molecule has 0 unspecified atom stereocenters. The number of aromatic amines is 1. The first-order chi connectivity index (χ1) is 16.6. The lowest BCUT2D eigenvalue weighted by atomic mass is 10.1. The number of hydrogen-bond acceptors (Lipinski definition) is 5. The SMILES string of the molecule is O=C(Nc1ccc2[nH]ncc2c1)c1cccc(-c2ccc(C(=O)N3CCCCC3)o2)c1.O=CO. The van der Waals surface area contributed by atoms with Gasteiger partial charge >= 0.3 is 0 Å². The Labute approximate surface area is 195 Å². The van der Waals surface area contributed by atoms with E-state index in [4.69, 9.17) is 14.3 Å². The minimum Gasteiger partial charge on any atom is -0.483 e. The average Bonchev–Trinajstić information content (AvgIpc) is 3.54. The van der Waals surface area contributed by atoms with Gasteiger partial charge in [-0.15, -0.1) is 0 Å². The van der Waals surface area contributed by atoms with Crippen LogP contribution in [0.2, 0.25) is 0 Å². The Morgan fingerprint density at radius 1 is 1.06 bits per heavy atom. The lowest BCUT2D eigenvalue weighted by molar-refractivity contribution is -0.122. The van der Waals surface area contributed by atoms with Crippen molar-refractivity contribution in [3.8, 4) is 11.3 Å². The number of furan rings is 1. The van der Waals surface area contributed by atoms with Crippen molar-refractivity contribution in [2.24, 2.45) is 0 Å². The Morgan fingerprint density at radius 3 is 2.65 bits per heavy atom. The van der Waals surface area contributed by atoms with Crippen LogP contribution in [-0.4, -0.2) is 51.6 Å². The molecule has 3 N–H and O–H groups in total. The molecule has 9 heteroatoms. The fourth-order valence-corrected chi connectivity index (χ4v) is 3.90. The molecule has 2 amide bonds. The number of benzene rings is 2. The first-order valence-corrected chi connectivity index (χ1v) is 10.9. The number of H-pyrrole nitrogens is 1. The predicted molar refractivity (Wildman–Crippen MR) is 127 cm³/mol. The third kappa shape index (κ3) is 5.15. The topological polar surface area (TPSA) is 129 Å². The summed E-state index contributed by atoms with van der Waals surface area (Å²) < 4.78 is 5.84. The van der Waals surface area contributed by atoms with Crippen LogP contribution >= 0.6 is 0 Å². The van der Waals surface area contributed by atoms with Gasteiger partial charge in [0.2, 0.25) is 0 Å². The van der Waals surface area contributed by atoms with E-state index < -0.39 is 0 Å². The van der Waals surface area contributed by atoms with Gasteiger partial charge in [-0.2, -0.15) is 5.10 Å². The highest BCUT2D eigenvalue weighted by atomic mass is 16.4. The van der Waals surface area contributed by atoms with Crippen molar-refractivity contribution in [3.05, 3.63) is 72.1 Å². The third-order valence-electron chi connectivity index (χ3n) is 5.57. The standard InChI is InChI=1S/C24H22N4O3.CH2O2/c29-23(26-19-7-8-20-18(14-19)15-25-27-20)17-6-4-5-16(13-17)21-9-10-22(31-21)24(30)28-11-2-1-3-12-28;2-1-3/h4-10,13-15H,1-3,11-12H2,(H,25,27)(H,26,29);1H,(H,2,3). The van der Waals surface area contributed by atoms with E-state index in [1.165, 1.54) is 0 Å². The molecule has 1 saturated heterocycles. The predicted octanol–water partition coefficient (Wildman–Crippen LogP) is 4.40. The molecule has 0 aliphatic carbocycles. The van der Waals surface area contributed by atoms with Gasteiger partial charge in [-0.05, 0) is 61.7 Å². The van der Waals surface area contributed by atoms with E-state index in [2.05, 4.69) is 15.5 Å². The fourth-order valence-electron chi connectivity index (χ4n) is 3.90. The Kier molecular flexibility index (Phi) is 7.02. The van der Waals surface area contributed by atoms with Crippen LogP contribution in [0.3, 0.4) is 0 Å². The van der Waals surface area contributed by atoms with Gasteiger partial charge in [0.15, 0.2) is 5.76 Å². The van der Waals surface area contributed by atoms with Crippen molar-refractivity contribution < 1.29 is 23.9 Å². The fraction of sp³-hybridized carbons (Fsp3) is 0.200. The Hall–Kier alpha value is -4.40. The number of hydrogen-bond donors (Lipinski definition) is 3. The summed E-state index contributed by atoms with van der Waals surface area (Å²) in [6, 6.07) is 16.2. The summed E-state index contributed by atoms with van der Waals surface area (Å²) in [6.45, 7) is 1.30. The van der Waals surface area contributed by atoms with Crippen LogP contribution in [-0.2, 0) is 4.79 Å². The quantitative estimate of drug-likeness (QED) is 0.387. The van der Waals surface area contributed by atoms with Gasteiger partial charge in [0, 0.05) is 35.3 Å². The van der Waals surface area contributed by atoms with Crippen molar-refractivity contribution >= 4 is 34.9 Å². The molecule has 0 bridgehead atoms. The van der Waals surface area contributed by atoms with Gasteiger partial charge in [-0.25, -0.2) is 0 Å². The lowest BCUT2D eigenvalue weighted by Crippen LogP contribution is -2.35. The van der Waals surface area contributed by atoms with Crippen molar-refractivity contribution in [1.82, 2.24) is 15.1 Å². The highest BCUT2D eigenvalue weighted by molar-refractivity contribution is 6.05. The highest BCUT2D eigenvalue weighted by Crippen LogP contribution is 2.25. The molecule has 5 rings (SSSR count). The van der Waals surface area contributed by atoms with Crippen LogP contribution in [0, 0.1) is 0 Å². The van der Waals surface area contributed by atoms with Crippen molar-refractivity contribution in [2.75, 3.05) is 18.4 Å². The van der Waals surface area contributed by atoms with Crippen molar-refractivity contribution in [2.45, 2.75) is 19.3 Å².